The molecule has 1 fully saturated rings. The van der Waals surface area contributed by atoms with E-state index in [1.807, 2.05) is 24.3 Å². The van der Waals surface area contributed by atoms with Crippen LogP contribution < -0.4 is 0 Å². The van der Waals surface area contributed by atoms with Crippen LogP contribution in [0.2, 0.25) is 5.02 Å². The molecule has 2 unspecified atom stereocenters. The fourth-order valence-electron chi connectivity index (χ4n) is 2.55. The number of halogens is 1. The van der Waals surface area contributed by atoms with E-state index in [2.05, 4.69) is 13.8 Å². The Bertz CT molecular complexity index is 405. The van der Waals surface area contributed by atoms with Crippen molar-refractivity contribution in [3.8, 4) is 0 Å². The number of ether oxygens (including phenoxy) is 1. The minimum absolute atomic E-state index is 0.155. The van der Waals surface area contributed by atoms with Crippen molar-refractivity contribution in [1.29, 1.82) is 0 Å². The molecule has 1 heterocycles. The van der Waals surface area contributed by atoms with E-state index in [-0.39, 0.29) is 6.10 Å². The van der Waals surface area contributed by atoms with Crippen LogP contribution in [-0.4, -0.2) is 23.4 Å². The van der Waals surface area contributed by atoms with Gasteiger partial charge in [0.05, 0.1) is 11.7 Å². The van der Waals surface area contributed by atoms with Gasteiger partial charge in [-0.3, -0.25) is 0 Å². The second-order valence-corrected chi connectivity index (χ2v) is 6.07. The lowest BCUT2D eigenvalue weighted by molar-refractivity contribution is -0.116. The molecule has 3 heteroatoms. The summed E-state index contributed by atoms with van der Waals surface area (Å²) in [6, 6.07) is 7.74. The Labute approximate surface area is 114 Å². The van der Waals surface area contributed by atoms with Gasteiger partial charge in [-0.15, -0.1) is 0 Å². The zero-order valence-electron chi connectivity index (χ0n) is 11.0. The molecule has 0 radical (unpaired) electrons. The number of rotatable bonds is 3. The summed E-state index contributed by atoms with van der Waals surface area (Å²) in [7, 11) is 0. The van der Waals surface area contributed by atoms with E-state index >= 15 is 0 Å². The van der Waals surface area contributed by atoms with E-state index in [1.54, 1.807) is 0 Å². The van der Waals surface area contributed by atoms with Crippen molar-refractivity contribution in [2.24, 2.45) is 5.92 Å². The van der Waals surface area contributed by atoms with E-state index in [0.717, 1.165) is 10.6 Å². The summed E-state index contributed by atoms with van der Waals surface area (Å²) >= 11 is 5.98. The predicted molar refractivity (Wildman–Crippen MR) is 73.9 cm³/mol. The normalized spacial score (nSPS) is 28.6. The summed E-state index contributed by atoms with van der Waals surface area (Å²) in [6.07, 6.45) is 2.21. The minimum Gasteiger partial charge on any atom is -0.389 e. The number of hydrogen-bond donors (Lipinski definition) is 1. The van der Waals surface area contributed by atoms with E-state index in [4.69, 9.17) is 16.3 Å². The first-order chi connectivity index (χ1) is 8.48. The molecule has 100 valence electrons. The molecule has 0 amide bonds. The molecule has 0 bridgehead atoms. The van der Waals surface area contributed by atoms with Gasteiger partial charge in [0.25, 0.3) is 0 Å². The highest BCUT2D eigenvalue weighted by molar-refractivity contribution is 6.30. The van der Waals surface area contributed by atoms with Gasteiger partial charge in [0, 0.05) is 24.5 Å². The molecule has 1 aromatic carbocycles. The summed E-state index contributed by atoms with van der Waals surface area (Å²) in [5.74, 6) is 0.441. The Kier molecular flexibility index (Phi) is 4.31. The number of benzene rings is 1. The summed E-state index contributed by atoms with van der Waals surface area (Å²) in [5, 5.41) is 11.4. The van der Waals surface area contributed by atoms with Gasteiger partial charge in [0.15, 0.2) is 0 Å². The summed E-state index contributed by atoms with van der Waals surface area (Å²) in [5.41, 5.74) is 0.437. The van der Waals surface area contributed by atoms with Gasteiger partial charge in [-0.2, -0.15) is 0 Å². The molecular weight excluding hydrogens is 248 g/mol. The Hall–Kier alpha value is -0.570. The molecule has 0 saturated carbocycles. The van der Waals surface area contributed by atoms with Gasteiger partial charge < -0.3 is 9.84 Å². The molecule has 0 aromatic heterocycles. The van der Waals surface area contributed by atoms with Gasteiger partial charge in [-0.05, 0) is 30.0 Å². The SMILES string of the molecule is CC(C)C1CC(O)(Cc2cccc(Cl)c2)CCO1. The third kappa shape index (κ3) is 3.47. The maximum atomic E-state index is 10.7. The number of aliphatic hydroxyl groups is 1. The maximum Gasteiger partial charge on any atom is 0.0734 e. The highest BCUT2D eigenvalue weighted by Gasteiger charge is 2.36. The van der Waals surface area contributed by atoms with Crippen LogP contribution in [-0.2, 0) is 11.2 Å². The van der Waals surface area contributed by atoms with E-state index < -0.39 is 5.60 Å². The Morgan fingerprint density at radius 1 is 1.50 bits per heavy atom. The van der Waals surface area contributed by atoms with Gasteiger partial charge in [0.1, 0.15) is 0 Å². The van der Waals surface area contributed by atoms with E-state index in [9.17, 15) is 5.11 Å². The summed E-state index contributed by atoms with van der Waals surface area (Å²) in [6.45, 7) is 4.91. The zero-order chi connectivity index (χ0) is 13.2. The number of hydrogen-bond acceptors (Lipinski definition) is 2. The maximum absolute atomic E-state index is 10.7. The molecular formula is C15H21ClO2. The topological polar surface area (TPSA) is 29.5 Å². The minimum atomic E-state index is -0.655. The van der Waals surface area contributed by atoms with Crippen LogP contribution in [0.5, 0.6) is 0 Å². The lowest BCUT2D eigenvalue weighted by atomic mass is 9.82. The van der Waals surface area contributed by atoms with Crippen LogP contribution in [0.4, 0.5) is 0 Å². The molecule has 1 aromatic rings. The van der Waals surface area contributed by atoms with Crippen molar-refractivity contribution >= 4 is 11.6 Å². The van der Waals surface area contributed by atoms with Crippen molar-refractivity contribution in [3.05, 3.63) is 34.9 Å². The molecule has 2 nitrogen and oxygen atoms in total. The largest absolute Gasteiger partial charge is 0.389 e. The monoisotopic (exact) mass is 268 g/mol. The van der Waals surface area contributed by atoms with Crippen molar-refractivity contribution < 1.29 is 9.84 Å². The fraction of sp³-hybridized carbons (Fsp3) is 0.600. The van der Waals surface area contributed by atoms with Crippen molar-refractivity contribution in [3.63, 3.8) is 0 Å². The van der Waals surface area contributed by atoms with Gasteiger partial charge in [0.2, 0.25) is 0 Å². The van der Waals surface area contributed by atoms with Crippen LogP contribution >= 0.6 is 11.6 Å². The van der Waals surface area contributed by atoms with Crippen molar-refractivity contribution in [2.45, 2.75) is 44.8 Å². The lowest BCUT2D eigenvalue weighted by Crippen LogP contribution is -2.44. The standard InChI is InChI=1S/C15H21ClO2/c1-11(2)14-10-15(17,6-7-18-14)9-12-4-3-5-13(16)8-12/h3-5,8,11,14,17H,6-7,9-10H2,1-2H3. The lowest BCUT2D eigenvalue weighted by Gasteiger charge is -2.38. The molecule has 1 aliphatic heterocycles. The quantitative estimate of drug-likeness (QED) is 0.910. The molecule has 1 N–H and O–H groups in total. The van der Waals surface area contributed by atoms with E-state index in [1.165, 1.54) is 0 Å². The highest BCUT2D eigenvalue weighted by atomic mass is 35.5. The molecule has 0 aliphatic carbocycles. The first-order valence-electron chi connectivity index (χ1n) is 6.57. The molecule has 2 rings (SSSR count). The highest BCUT2D eigenvalue weighted by Crippen LogP contribution is 2.31. The zero-order valence-corrected chi connectivity index (χ0v) is 11.8. The molecule has 1 saturated heterocycles. The Morgan fingerprint density at radius 2 is 2.28 bits per heavy atom. The average molecular weight is 269 g/mol. The first-order valence-corrected chi connectivity index (χ1v) is 6.95. The van der Waals surface area contributed by atoms with Crippen LogP contribution in [0.15, 0.2) is 24.3 Å². The molecule has 1 aliphatic rings. The molecule has 18 heavy (non-hydrogen) atoms. The fourth-order valence-corrected chi connectivity index (χ4v) is 2.76. The van der Waals surface area contributed by atoms with Gasteiger partial charge >= 0.3 is 0 Å². The van der Waals surface area contributed by atoms with Gasteiger partial charge in [-0.25, -0.2) is 0 Å². The first kappa shape index (κ1) is 13.9. The third-order valence-electron chi connectivity index (χ3n) is 3.65. The molecule has 2 atom stereocenters. The third-order valence-corrected chi connectivity index (χ3v) is 3.88. The second-order valence-electron chi connectivity index (χ2n) is 5.64. The smallest absolute Gasteiger partial charge is 0.0734 e. The summed E-state index contributed by atoms with van der Waals surface area (Å²) in [4.78, 5) is 0. The van der Waals surface area contributed by atoms with Crippen LogP contribution in [0.1, 0.15) is 32.3 Å². The molecule has 0 spiro atoms. The van der Waals surface area contributed by atoms with Gasteiger partial charge in [-0.1, -0.05) is 37.6 Å². The van der Waals surface area contributed by atoms with E-state index in [0.29, 0.717) is 31.8 Å². The Balaban J connectivity index is 2.07. The van der Waals surface area contributed by atoms with Crippen molar-refractivity contribution in [1.82, 2.24) is 0 Å². The van der Waals surface area contributed by atoms with Crippen LogP contribution in [0, 0.1) is 5.92 Å². The summed E-state index contributed by atoms with van der Waals surface area (Å²) < 4.78 is 5.71. The van der Waals surface area contributed by atoms with Crippen LogP contribution in [0.25, 0.3) is 0 Å². The Morgan fingerprint density at radius 3 is 2.94 bits per heavy atom. The average Bonchev–Trinajstić information content (AvgIpc) is 2.28. The second kappa shape index (κ2) is 5.60. The van der Waals surface area contributed by atoms with Crippen LogP contribution in [0.3, 0.4) is 0 Å². The van der Waals surface area contributed by atoms with Crippen molar-refractivity contribution in [2.75, 3.05) is 6.61 Å². The predicted octanol–water partition coefficient (Wildman–Crippen LogP) is 3.45.